The molecule has 4 rings (SSSR count). The fourth-order valence-corrected chi connectivity index (χ4v) is 3.81. The lowest BCUT2D eigenvalue weighted by Gasteiger charge is -2.14. The highest BCUT2D eigenvalue weighted by molar-refractivity contribution is 5.56. The Morgan fingerprint density at radius 2 is 1.20 bits per heavy atom. The molecule has 0 spiro atoms. The average molecular weight is 475 g/mol. The molecule has 0 saturated heterocycles. The van der Waals surface area contributed by atoms with Crippen molar-refractivity contribution < 1.29 is 35.4 Å². The minimum atomic E-state index is -0.468. The smallest absolute Gasteiger partial charge is 0.201 e. The van der Waals surface area contributed by atoms with Crippen molar-refractivity contribution in [1.29, 1.82) is 0 Å². The van der Waals surface area contributed by atoms with E-state index in [9.17, 15) is 30.6 Å². The van der Waals surface area contributed by atoms with Gasteiger partial charge in [0, 0.05) is 6.07 Å². The second-order valence-corrected chi connectivity index (χ2v) is 8.35. The first kappa shape index (κ1) is 23.6. The third kappa shape index (κ3) is 5.89. The van der Waals surface area contributed by atoms with Crippen molar-refractivity contribution >= 4 is 0 Å². The number of phenols is 6. The third-order valence-electron chi connectivity index (χ3n) is 5.73. The molecular formula is C28H26O7. The van der Waals surface area contributed by atoms with E-state index in [0.717, 1.165) is 11.1 Å². The summed E-state index contributed by atoms with van der Waals surface area (Å²) in [6, 6.07) is 19.3. The lowest BCUT2D eigenvalue weighted by Crippen LogP contribution is -1.95. The second-order valence-electron chi connectivity index (χ2n) is 8.35. The van der Waals surface area contributed by atoms with Gasteiger partial charge in [-0.3, -0.25) is 0 Å². The van der Waals surface area contributed by atoms with Crippen molar-refractivity contribution in [1.82, 2.24) is 0 Å². The van der Waals surface area contributed by atoms with E-state index < -0.39 is 5.75 Å². The minimum Gasteiger partial charge on any atom is -0.508 e. The van der Waals surface area contributed by atoms with Gasteiger partial charge in [-0.25, -0.2) is 0 Å². The summed E-state index contributed by atoms with van der Waals surface area (Å²) >= 11 is 0. The zero-order chi connectivity index (χ0) is 24.9. The van der Waals surface area contributed by atoms with Crippen molar-refractivity contribution in [3.63, 3.8) is 0 Å². The van der Waals surface area contributed by atoms with Gasteiger partial charge in [0.05, 0.1) is 0 Å². The first-order valence-electron chi connectivity index (χ1n) is 11.1. The van der Waals surface area contributed by atoms with Crippen molar-refractivity contribution in [3.8, 4) is 46.0 Å². The number of aromatic hydroxyl groups is 6. The Morgan fingerprint density at radius 1 is 0.486 bits per heavy atom. The Morgan fingerprint density at radius 3 is 1.94 bits per heavy atom. The van der Waals surface area contributed by atoms with Gasteiger partial charge in [0.1, 0.15) is 17.2 Å². The van der Waals surface area contributed by atoms with Crippen LogP contribution in [-0.4, -0.2) is 30.6 Å². The summed E-state index contributed by atoms with van der Waals surface area (Å²) in [5.41, 5.74) is 3.08. The van der Waals surface area contributed by atoms with Gasteiger partial charge in [0.15, 0.2) is 23.0 Å². The van der Waals surface area contributed by atoms with Crippen molar-refractivity contribution in [2.75, 3.05) is 0 Å². The van der Waals surface area contributed by atoms with Crippen LogP contribution in [-0.2, 0) is 25.7 Å². The minimum absolute atomic E-state index is 0.0170. The van der Waals surface area contributed by atoms with E-state index in [2.05, 4.69) is 0 Å². The van der Waals surface area contributed by atoms with E-state index in [0.29, 0.717) is 36.8 Å². The van der Waals surface area contributed by atoms with Crippen LogP contribution in [0.15, 0.2) is 72.8 Å². The number of hydrogen-bond donors (Lipinski definition) is 6. The van der Waals surface area contributed by atoms with Crippen molar-refractivity contribution in [2.24, 2.45) is 0 Å². The van der Waals surface area contributed by atoms with Crippen LogP contribution < -0.4 is 4.74 Å². The molecule has 7 heteroatoms. The van der Waals surface area contributed by atoms with E-state index in [4.69, 9.17) is 4.74 Å². The van der Waals surface area contributed by atoms with Crippen LogP contribution in [0.3, 0.4) is 0 Å². The van der Waals surface area contributed by atoms with Crippen LogP contribution in [0.5, 0.6) is 46.0 Å². The van der Waals surface area contributed by atoms with Crippen LogP contribution in [0.4, 0.5) is 0 Å². The molecule has 0 bridgehead atoms. The van der Waals surface area contributed by atoms with Crippen LogP contribution in [0.1, 0.15) is 22.3 Å². The Kier molecular flexibility index (Phi) is 6.87. The van der Waals surface area contributed by atoms with E-state index in [1.165, 1.54) is 18.2 Å². The lowest BCUT2D eigenvalue weighted by molar-refractivity contribution is 0.359. The van der Waals surface area contributed by atoms with Gasteiger partial charge in [-0.2, -0.15) is 0 Å². The number of ether oxygens (including phenoxy) is 1. The maximum atomic E-state index is 10.3. The number of rotatable bonds is 8. The molecule has 0 fully saturated rings. The van der Waals surface area contributed by atoms with Gasteiger partial charge in [0.2, 0.25) is 5.75 Å². The lowest BCUT2D eigenvalue weighted by atomic mass is 10.0. The molecule has 0 heterocycles. The van der Waals surface area contributed by atoms with Gasteiger partial charge in [-0.15, -0.1) is 0 Å². The zero-order valence-corrected chi connectivity index (χ0v) is 18.8. The topological polar surface area (TPSA) is 131 Å². The largest absolute Gasteiger partial charge is 0.508 e. The molecule has 0 saturated carbocycles. The van der Waals surface area contributed by atoms with Gasteiger partial charge in [-0.1, -0.05) is 24.3 Å². The summed E-state index contributed by atoms with van der Waals surface area (Å²) < 4.78 is 5.75. The highest BCUT2D eigenvalue weighted by Crippen LogP contribution is 2.43. The summed E-state index contributed by atoms with van der Waals surface area (Å²) in [7, 11) is 0. The van der Waals surface area contributed by atoms with Crippen molar-refractivity contribution in [3.05, 3.63) is 95.1 Å². The molecule has 0 unspecified atom stereocenters. The molecular weight excluding hydrogens is 448 g/mol. The summed E-state index contributed by atoms with van der Waals surface area (Å²) in [5, 5.41) is 60.2. The number of phenolic OH excluding ortho intramolecular Hbond substituents is 6. The van der Waals surface area contributed by atoms with Crippen LogP contribution in [0.2, 0.25) is 0 Å². The number of benzene rings is 4. The monoisotopic (exact) mass is 474 g/mol. The molecule has 0 radical (unpaired) electrons. The first-order valence-corrected chi connectivity index (χ1v) is 11.1. The Bertz CT molecular complexity index is 1330. The Balaban J connectivity index is 1.53. The fraction of sp³-hybridized carbons (Fsp3) is 0.143. The molecule has 0 atom stereocenters. The summed E-state index contributed by atoms with van der Waals surface area (Å²) in [5.74, 6) is -0.929. The summed E-state index contributed by atoms with van der Waals surface area (Å²) in [6.07, 6.45) is 2.11. The van der Waals surface area contributed by atoms with Crippen molar-refractivity contribution in [2.45, 2.75) is 25.7 Å². The zero-order valence-electron chi connectivity index (χ0n) is 18.8. The number of hydrogen-bond acceptors (Lipinski definition) is 7. The van der Waals surface area contributed by atoms with E-state index in [1.807, 2.05) is 6.07 Å². The summed E-state index contributed by atoms with van der Waals surface area (Å²) in [4.78, 5) is 0. The molecule has 0 amide bonds. The molecule has 7 nitrogen and oxygen atoms in total. The normalized spacial score (nSPS) is 10.9. The molecule has 0 aliphatic carbocycles. The Labute approximate surface area is 202 Å². The van der Waals surface area contributed by atoms with Crippen LogP contribution >= 0.6 is 0 Å². The fourth-order valence-electron chi connectivity index (χ4n) is 3.81. The predicted molar refractivity (Wildman–Crippen MR) is 131 cm³/mol. The highest BCUT2D eigenvalue weighted by Gasteiger charge is 2.16. The van der Waals surface area contributed by atoms with Gasteiger partial charge in [0.25, 0.3) is 0 Å². The van der Waals surface area contributed by atoms with Crippen LogP contribution in [0.25, 0.3) is 0 Å². The maximum Gasteiger partial charge on any atom is 0.201 e. The summed E-state index contributed by atoms with van der Waals surface area (Å²) in [6.45, 7) is 0. The maximum absolute atomic E-state index is 10.3. The predicted octanol–water partition coefficient (Wildman–Crippen LogP) is 5.28. The van der Waals surface area contributed by atoms with E-state index in [1.54, 1.807) is 48.5 Å². The molecule has 4 aromatic rings. The quantitative estimate of drug-likeness (QED) is 0.192. The molecule has 35 heavy (non-hydrogen) atoms. The molecule has 180 valence electrons. The molecule has 0 aliphatic rings. The number of aryl methyl sites for hydroxylation is 4. The third-order valence-corrected chi connectivity index (χ3v) is 5.73. The van der Waals surface area contributed by atoms with Gasteiger partial charge in [-0.05, 0) is 90.4 Å². The Hall–Kier alpha value is -4.52. The van der Waals surface area contributed by atoms with E-state index >= 15 is 0 Å². The second kappa shape index (κ2) is 10.2. The molecule has 0 aromatic heterocycles. The molecule has 4 aromatic carbocycles. The molecule has 0 aliphatic heterocycles. The average Bonchev–Trinajstić information content (AvgIpc) is 2.82. The van der Waals surface area contributed by atoms with Gasteiger partial charge < -0.3 is 35.4 Å². The standard InChI is InChI=1S/C28H26O7/c29-21-10-7-17(8-11-21)6-9-20-15-26(24(32)16-23(20)31)35-27-14-19(13-25(33)28(27)34)5-4-18-2-1-3-22(30)12-18/h1-3,7-8,10-16,29-34H,4-6,9H2. The first-order chi connectivity index (χ1) is 16.8. The van der Waals surface area contributed by atoms with Gasteiger partial charge >= 0.3 is 0 Å². The SMILES string of the molecule is Oc1ccc(CCc2cc(Oc3cc(CCc4cccc(O)c4)cc(O)c3O)c(O)cc2O)cc1. The van der Waals surface area contributed by atoms with Crippen LogP contribution in [0, 0.1) is 0 Å². The van der Waals surface area contributed by atoms with E-state index in [-0.39, 0.29) is 40.2 Å². The molecule has 6 N–H and O–H groups in total. The highest BCUT2D eigenvalue weighted by atomic mass is 16.5.